The number of carbonyl (C=O) groups is 2. The smallest absolute Gasteiger partial charge is 0.354 e. The van der Waals surface area contributed by atoms with Crippen LogP contribution in [0.4, 0.5) is 0 Å². The van der Waals surface area contributed by atoms with E-state index in [9.17, 15) is 14.7 Å². The molecule has 0 radical (unpaired) electrons. The molecule has 19 heavy (non-hydrogen) atoms. The second-order valence-corrected chi connectivity index (χ2v) is 4.79. The summed E-state index contributed by atoms with van der Waals surface area (Å²) in [6.07, 6.45) is 0.934. The Morgan fingerprint density at radius 2 is 2.32 bits per heavy atom. The van der Waals surface area contributed by atoms with Crippen molar-refractivity contribution in [1.29, 1.82) is 0 Å². The van der Waals surface area contributed by atoms with Gasteiger partial charge in [-0.05, 0) is 26.2 Å². The van der Waals surface area contributed by atoms with Crippen LogP contribution in [-0.2, 0) is 19.1 Å². The number of carbonyl (C=O) groups excluding carboxylic acids is 2. The van der Waals surface area contributed by atoms with Gasteiger partial charge in [0, 0.05) is 6.54 Å². The molecule has 1 saturated heterocycles. The standard InChI is InChI=1S/C12H16ClNO5/c1-2-18-10(15)7-5-3-4-6-14(7)9-8(13)11(16)19-12(9)17/h7,12,17H,2-6H2,1H3. The first-order chi connectivity index (χ1) is 9.06. The van der Waals surface area contributed by atoms with Crippen LogP contribution >= 0.6 is 11.6 Å². The molecule has 1 fully saturated rings. The molecular weight excluding hydrogens is 274 g/mol. The summed E-state index contributed by atoms with van der Waals surface area (Å²) in [7, 11) is 0. The highest BCUT2D eigenvalue weighted by Gasteiger charge is 2.41. The Morgan fingerprint density at radius 3 is 2.89 bits per heavy atom. The van der Waals surface area contributed by atoms with E-state index in [1.165, 1.54) is 0 Å². The van der Waals surface area contributed by atoms with Gasteiger partial charge in [-0.2, -0.15) is 0 Å². The molecule has 106 valence electrons. The number of hydrogen-bond donors (Lipinski definition) is 1. The molecule has 2 rings (SSSR count). The summed E-state index contributed by atoms with van der Waals surface area (Å²) in [5, 5.41) is 9.57. The lowest BCUT2D eigenvalue weighted by molar-refractivity contribution is -0.155. The average molecular weight is 290 g/mol. The molecule has 0 aromatic carbocycles. The van der Waals surface area contributed by atoms with Crippen LogP contribution in [0.25, 0.3) is 0 Å². The Kier molecular flexibility index (Phi) is 4.31. The quantitative estimate of drug-likeness (QED) is 0.772. The van der Waals surface area contributed by atoms with Gasteiger partial charge in [0.1, 0.15) is 11.7 Å². The molecule has 0 aliphatic carbocycles. The van der Waals surface area contributed by atoms with E-state index in [4.69, 9.17) is 16.3 Å². The predicted octanol–water partition coefficient (Wildman–Crippen LogP) is 0.730. The van der Waals surface area contributed by atoms with Crippen molar-refractivity contribution >= 4 is 23.5 Å². The molecule has 0 bridgehead atoms. The monoisotopic (exact) mass is 289 g/mol. The maximum absolute atomic E-state index is 11.9. The van der Waals surface area contributed by atoms with Crippen LogP contribution in [0.5, 0.6) is 0 Å². The van der Waals surface area contributed by atoms with Crippen LogP contribution in [0.3, 0.4) is 0 Å². The van der Waals surface area contributed by atoms with Crippen molar-refractivity contribution in [2.45, 2.75) is 38.5 Å². The molecular formula is C12H16ClNO5. The first-order valence-electron chi connectivity index (χ1n) is 6.28. The fourth-order valence-corrected chi connectivity index (χ4v) is 2.64. The van der Waals surface area contributed by atoms with Gasteiger partial charge in [0.05, 0.1) is 6.61 Å². The highest BCUT2D eigenvalue weighted by molar-refractivity contribution is 6.42. The minimum Gasteiger partial charge on any atom is -0.464 e. The third kappa shape index (κ3) is 2.69. The molecule has 0 amide bonds. The van der Waals surface area contributed by atoms with Crippen molar-refractivity contribution in [1.82, 2.24) is 4.90 Å². The van der Waals surface area contributed by atoms with E-state index in [1.807, 2.05) is 0 Å². The molecule has 2 aliphatic rings. The lowest BCUT2D eigenvalue weighted by atomic mass is 10.0. The fourth-order valence-electron chi connectivity index (χ4n) is 2.39. The number of halogens is 1. The van der Waals surface area contributed by atoms with Gasteiger partial charge in [-0.1, -0.05) is 11.6 Å². The zero-order valence-corrected chi connectivity index (χ0v) is 11.4. The van der Waals surface area contributed by atoms with Crippen LogP contribution in [0.2, 0.25) is 0 Å². The molecule has 0 spiro atoms. The molecule has 2 heterocycles. The molecule has 6 nitrogen and oxygen atoms in total. The van der Waals surface area contributed by atoms with Gasteiger partial charge >= 0.3 is 11.9 Å². The van der Waals surface area contributed by atoms with Crippen molar-refractivity contribution in [3.63, 3.8) is 0 Å². The fraction of sp³-hybridized carbons (Fsp3) is 0.667. The molecule has 0 saturated carbocycles. The van der Waals surface area contributed by atoms with Crippen LogP contribution in [-0.4, -0.2) is 47.4 Å². The second kappa shape index (κ2) is 5.79. The second-order valence-electron chi connectivity index (χ2n) is 4.41. The van der Waals surface area contributed by atoms with E-state index in [0.717, 1.165) is 12.8 Å². The van der Waals surface area contributed by atoms with E-state index >= 15 is 0 Å². The van der Waals surface area contributed by atoms with Gasteiger partial charge < -0.3 is 19.5 Å². The van der Waals surface area contributed by atoms with Crippen molar-refractivity contribution in [3.8, 4) is 0 Å². The van der Waals surface area contributed by atoms with E-state index in [1.54, 1.807) is 11.8 Å². The molecule has 7 heteroatoms. The van der Waals surface area contributed by atoms with Crippen LogP contribution in [0.1, 0.15) is 26.2 Å². The first-order valence-corrected chi connectivity index (χ1v) is 6.66. The van der Waals surface area contributed by atoms with Crippen LogP contribution in [0, 0.1) is 0 Å². The number of aliphatic hydroxyl groups is 1. The summed E-state index contributed by atoms with van der Waals surface area (Å²) in [5.41, 5.74) is 0.171. The van der Waals surface area contributed by atoms with Crippen molar-refractivity contribution in [3.05, 3.63) is 10.7 Å². The number of rotatable bonds is 3. The number of ether oxygens (including phenoxy) is 2. The maximum Gasteiger partial charge on any atom is 0.354 e. The van der Waals surface area contributed by atoms with Crippen molar-refractivity contribution < 1.29 is 24.2 Å². The van der Waals surface area contributed by atoms with Gasteiger partial charge in [-0.25, -0.2) is 9.59 Å². The highest BCUT2D eigenvalue weighted by atomic mass is 35.5. The summed E-state index contributed by atoms with van der Waals surface area (Å²) < 4.78 is 9.66. The predicted molar refractivity (Wildman–Crippen MR) is 66.0 cm³/mol. The van der Waals surface area contributed by atoms with E-state index in [-0.39, 0.29) is 23.3 Å². The Labute approximate surface area is 115 Å². The lowest BCUT2D eigenvalue weighted by Crippen LogP contribution is -2.46. The Bertz CT molecular complexity index is 422. The molecule has 0 aromatic heterocycles. The number of hydrogen-bond acceptors (Lipinski definition) is 6. The summed E-state index contributed by atoms with van der Waals surface area (Å²) >= 11 is 5.86. The Morgan fingerprint density at radius 1 is 1.58 bits per heavy atom. The zero-order valence-electron chi connectivity index (χ0n) is 10.6. The number of aliphatic hydroxyl groups excluding tert-OH is 1. The number of nitrogens with zero attached hydrogens (tertiary/aromatic N) is 1. The summed E-state index contributed by atoms with van der Waals surface area (Å²) in [4.78, 5) is 24.9. The molecule has 1 N–H and O–H groups in total. The maximum atomic E-state index is 11.9. The molecule has 2 aliphatic heterocycles. The third-order valence-electron chi connectivity index (χ3n) is 3.23. The van der Waals surface area contributed by atoms with E-state index in [0.29, 0.717) is 13.0 Å². The summed E-state index contributed by atoms with van der Waals surface area (Å²) in [5.74, 6) is -1.14. The van der Waals surface area contributed by atoms with Crippen molar-refractivity contribution in [2.75, 3.05) is 13.2 Å². The van der Waals surface area contributed by atoms with Crippen LogP contribution in [0.15, 0.2) is 10.7 Å². The largest absolute Gasteiger partial charge is 0.464 e. The van der Waals surface area contributed by atoms with E-state index < -0.39 is 18.3 Å². The summed E-state index contributed by atoms with van der Waals surface area (Å²) in [6, 6.07) is -0.526. The Hall–Kier alpha value is -1.27. The lowest BCUT2D eigenvalue weighted by Gasteiger charge is -2.36. The average Bonchev–Trinajstić information content (AvgIpc) is 2.63. The molecule has 0 aromatic rings. The van der Waals surface area contributed by atoms with Gasteiger partial charge in [-0.15, -0.1) is 0 Å². The van der Waals surface area contributed by atoms with E-state index in [2.05, 4.69) is 4.74 Å². The van der Waals surface area contributed by atoms with Crippen LogP contribution < -0.4 is 0 Å². The van der Waals surface area contributed by atoms with Gasteiger partial charge in [0.2, 0.25) is 6.29 Å². The first kappa shape index (κ1) is 14.1. The number of cyclic esters (lactones) is 1. The normalized spacial score (nSPS) is 27.5. The number of piperidine rings is 1. The number of likely N-dealkylation sites (tertiary alicyclic amines) is 1. The number of esters is 2. The van der Waals surface area contributed by atoms with Gasteiger partial charge in [0.25, 0.3) is 0 Å². The third-order valence-corrected chi connectivity index (χ3v) is 3.58. The SMILES string of the molecule is CCOC(=O)C1CCCCN1C1=C(Cl)C(=O)OC1O. The minimum atomic E-state index is -1.41. The van der Waals surface area contributed by atoms with Gasteiger partial charge in [-0.3, -0.25) is 0 Å². The zero-order chi connectivity index (χ0) is 14.0. The Balaban J connectivity index is 2.25. The van der Waals surface area contributed by atoms with Gasteiger partial charge in [0.15, 0.2) is 5.03 Å². The topological polar surface area (TPSA) is 76.1 Å². The highest BCUT2D eigenvalue weighted by Crippen LogP contribution is 2.32. The summed E-state index contributed by atoms with van der Waals surface area (Å²) in [6.45, 7) is 2.55. The van der Waals surface area contributed by atoms with Crippen molar-refractivity contribution in [2.24, 2.45) is 0 Å². The molecule has 2 atom stereocenters. The molecule has 2 unspecified atom stereocenters. The minimum absolute atomic E-state index is 0.163.